The van der Waals surface area contributed by atoms with Crippen LogP contribution in [-0.4, -0.2) is 30.4 Å². The Morgan fingerprint density at radius 1 is 1.44 bits per heavy atom. The van der Waals surface area contributed by atoms with Crippen LogP contribution >= 0.6 is 0 Å². The number of hydrogen-bond donors (Lipinski definition) is 2. The topological polar surface area (TPSA) is 58.4 Å². The average molecular weight is 219 g/mol. The van der Waals surface area contributed by atoms with Gasteiger partial charge in [0.25, 0.3) is 0 Å². The molecule has 0 heterocycles. The largest absolute Gasteiger partial charge is 0.399 e. The van der Waals surface area contributed by atoms with Crippen molar-refractivity contribution in [2.75, 3.05) is 24.6 Å². The summed E-state index contributed by atoms with van der Waals surface area (Å²) in [7, 11) is 1.99. The SMILES string of the molecule is CN(CC(=O)Nc1ccc(N)cc1)C1CC1. The number of likely N-dealkylation sites (N-methyl/N-ethyl adjacent to an activating group) is 1. The number of carbonyl (C=O) groups is 1. The predicted octanol–water partition coefficient (Wildman–Crippen LogP) is 1.30. The van der Waals surface area contributed by atoms with Crippen molar-refractivity contribution < 1.29 is 4.79 Å². The molecule has 3 N–H and O–H groups in total. The molecule has 0 unspecified atom stereocenters. The van der Waals surface area contributed by atoms with Crippen molar-refractivity contribution in [2.45, 2.75) is 18.9 Å². The van der Waals surface area contributed by atoms with Crippen molar-refractivity contribution in [3.05, 3.63) is 24.3 Å². The number of carbonyl (C=O) groups excluding carboxylic acids is 1. The molecule has 4 heteroatoms. The maximum Gasteiger partial charge on any atom is 0.238 e. The van der Waals surface area contributed by atoms with Gasteiger partial charge in [-0.1, -0.05) is 0 Å². The fourth-order valence-corrected chi connectivity index (χ4v) is 1.64. The van der Waals surface area contributed by atoms with Crippen molar-refractivity contribution >= 4 is 17.3 Å². The summed E-state index contributed by atoms with van der Waals surface area (Å²) >= 11 is 0. The molecule has 1 aromatic rings. The minimum Gasteiger partial charge on any atom is -0.399 e. The van der Waals surface area contributed by atoms with Gasteiger partial charge in [0.05, 0.1) is 6.54 Å². The lowest BCUT2D eigenvalue weighted by Crippen LogP contribution is -2.31. The van der Waals surface area contributed by atoms with Crippen molar-refractivity contribution in [2.24, 2.45) is 0 Å². The van der Waals surface area contributed by atoms with Crippen molar-refractivity contribution in [1.82, 2.24) is 4.90 Å². The summed E-state index contributed by atoms with van der Waals surface area (Å²) in [4.78, 5) is 13.7. The van der Waals surface area contributed by atoms with E-state index in [1.54, 1.807) is 12.1 Å². The molecular weight excluding hydrogens is 202 g/mol. The number of anilines is 2. The second-order valence-corrected chi connectivity index (χ2v) is 4.32. The van der Waals surface area contributed by atoms with E-state index in [0.717, 1.165) is 5.69 Å². The molecule has 86 valence electrons. The minimum absolute atomic E-state index is 0.0270. The Balaban J connectivity index is 1.84. The molecule has 1 aliphatic carbocycles. The maximum absolute atomic E-state index is 11.7. The number of benzene rings is 1. The third-order valence-electron chi connectivity index (χ3n) is 2.76. The van der Waals surface area contributed by atoms with Gasteiger partial charge in [-0.15, -0.1) is 0 Å². The van der Waals surface area contributed by atoms with Crippen molar-refractivity contribution in [1.29, 1.82) is 0 Å². The molecule has 1 fully saturated rings. The summed E-state index contributed by atoms with van der Waals surface area (Å²) in [6.07, 6.45) is 2.43. The van der Waals surface area contributed by atoms with Crippen LogP contribution in [0.15, 0.2) is 24.3 Å². The molecule has 1 amide bonds. The average Bonchev–Trinajstić information content (AvgIpc) is 3.04. The highest BCUT2D eigenvalue weighted by molar-refractivity contribution is 5.92. The molecule has 0 aromatic heterocycles. The molecule has 16 heavy (non-hydrogen) atoms. The van der Waals surface area contributed by atoms with Gasteiger partial charge in [0, 0.05) is 17.4 Å². The van der Waals surface area contributed by atoms with Crippen LogP contribution in [0.2, 0.25) is 0 Å². The van der Waals surface area contributed by atoms with Gasteiger partial charge in [-0.05, 0) is 44.2 Å². The quantitative estimate of drug-likeness (QED) is 0.750. The standard InChI is InChI=1S/C12H17N3O/c1-15(11-6-7-11)8-12(16)14-10-4-2-9(13)3-5-10/h2-5,11H,6-8,13H2,1H3,(H,14,16). The Labute approximate surface area is 95.4 Å². The van der Waals surface area contributed by atoms with E-state index in [0.29, 0.717) is 18.3 Å². The van der Waals surface area contributed by atoms with E-state index in [4.69, 9.17) is 5.73 Å². The van der Waals surface area contributed by atoms with E-state index in [1.165, 1.54) is 12.8 Å². The molecule has 4 nitrogen and oxygen atoms in total. The van der Waals surface area contributed by atoms with Crippen LogP contribution in [0.4, 0.5) is 11.4 Å². The van der Waals surface area contributed by atoms with Crippen LogP contribution in [0, 0.1) is 0 Å². The van der Waals surface area contributed by atoms with Crippen molar-refractivity contribution in [3.63, 3.8) is 0 Å². The number of nitrogens with one attached hydrogen (secondary N) is 1. The van der Waals surface area contributed by atoms with Crippen LogP contribution in [0.25, 0.3) is 0 Å². The molecule has 0 spiro atoms. The summed E-state index contributed by atoms with van der Waals surface area (Å²) in [6.45, 7) is 0.453. The van der Waals surface area contributed by atoms with E-state index in [2.05, 4.69) is 10.2 Å². The fourth-order valence-electron chi connectivity index (χ4n) is 1.64. The maximum atomic E-state index is 11.7. The number of nitrogens with two attached hydrogens (primary N) is 1. The minimum atomic E-state index is 0.0270. The van der Waals surface area contributed by atoms with Gasteiger partial charge in [-0.3, -0.25) is 9.69 Å². The van der Waals surface area contributed by atoms with E-state index >= 15 is 0 Å². The van der Waals surface area contributed by atoms with E-state index < -0.39 is 0 Å². The van der Waals surface area contributed by atoms with Crippen LogP contribution in [-0.2, 0) is 4.79 Å². The molecule has 0 atom stereocenters. The van der Waals surface area contributed by atoms with E-state index in [-0.39, 0.29) is 5.91 Å². The Morgan fingerprint density at radius 3 is 2.62 bits per heavy atom. The second kappa shape index (κ2) is 4.53. The van der Waals surface area contributed by atoms with E-state index in [9.17, 15) is 4.79 Å². The summed E-state index contributed by atoms with van der Waals surface area (Å²) in [5.41, 5.74) is 7.06. The molecule has 1 aliphatic rings. The van der Waals surface area contributed by atoms with Crippen LogP contribution in [0.5, 0.6) is 0 Å². The highest BCUT2D eigenvalue weighted by Crippen LogP contribution is 2.24. The molecule has 0 aliphatic heterocycles. The van der Waals surface area contributed by atoms with Crippen LogP contribution in [0.1, 0.15) is 12.8 Å². The summed E-state index contributed by atoms with van der Waals surface area (Å²) in [5, 5.41) is 2.85. The zero-order valence-electron chi connectivity index (χ0n) is 9.44. The van der Waals surface area contributed by atoms with Gasteiger partial charge in [-0.2, -0.15) is 0 Å². The van der Waals surface area contributed by atoms with Gasteiger partial charge in [-0.25, -0.2) is 0 Å². The predicted molar refractivity (Wildman–Crippen MR) is 65.1 cm³/mol. The Kier molecular flexibility index (Phi) is 3.10. The summed E-state index contributed by atoms with van der Waals surface area (Å²) < 4.78 is 0. The lowest BCUT2D eigenvalue weighted by Gasteiger charge is -2.15. The highest BCUT2D eigenvalue weighted by atomic mass is 16.2. The first-order valence-electron chi connectivity index (χ1n) is 5.51. The first-order chi connectivity index (χ1) is 7.65. The molecule has 2 rings (SSSR count). The Morgan fingerprint density at radius 2 is 2.06 bits per heavy atom. The molecule has 0 bridgehead atoms. The summed E-state index contributed by atoms with van der Waals surface area (Å²) in [6, 6.07) is 7.78. The van der Waals surface area contributed by atoms with E-state index in [1.807, 2.05) is 19.2 Å². The number of hydrogen-bond acceptors (Lipinski definition) is 3. The third-order valence-corrected chi connectivity index (χ3v) is 2.76. The zero-order chi connectivity index (χ0) is 11.5. The second-order valence-electron chi connectivity index (χ2n) is 4.32. The van der Waals surface area contributed by atoms with Crippen molar-refractivity contribution in [3.8, 4) is 0 Å². The molecule has 1 saturated carbocycles. The number of nitrogens with zero attached hydrogens (tertiary/aromatic N) is 1. The highest BCUT2D eigenvalue weighted by Gasteiger charge is 2.27. The molecule has 1 aromatic carbocycles. The van der Waals surface area contributed by atoms with Crippen LogP contribution < -0.4 is 11.1 Å². The lowest BCUT2D eigenvalue weighted by molar-refractivity contribution is -0.117. The molecule has 0 radical (unpaired) electrons. The van der Waals surface area contributed by atoms with Gasteiger partial charge in [0.15, 0.2) is 0 Å². The van der Waals surface area contributed by atoms with Gasteiger partial charge < -0.3 is 11.1 Å². The normalized spacial score (nSPS) is 15.1. The smallest absolute Gasteiger partial charge is 0.238 e. The molecular formula is C12H17N3O. The van der Waals surface area contributed by atoms with Crippen LogP contribution in [0.3, 0.4) is 0 Å². The zero-order valence-corrected chi connectivity index (χ0v) is 9.44. The monoisotopic (exact) mass is 219 g/mol. The lowest BCUT2D eigenvalue weighted by atomic mass is 10.3. The first kappa shape index (κ1) is 11.0. The van der Waals surface area contributed by atoms with Gasteiger partial charge >= 0.3 is 0 Å². The first-order valence-corrected chi connectivity index (χ1v) is 5.51. The Bertz CT molecular complexity index is 370. The Hall–Kier alpha value is -1.55. The van der Waals surface area contributed by atoms with Gasteiger partial charge in [0.2, 0.25) is 5.91 Å². The fraction of sp³-hybridized carbons (Fsp3) is 0.417. The number of nitrogen functional groups attached to an aromatic ring is 1. The number of rotatable bonds is 4. The number of amides is 1. The molecule has 0 saturated heterocycles. The third kappa shape index (κ3) is 2.97. The summed E-state index contributed by atoms with van der Waals surface area (Å²) in [5.74, 6) is 0.0270. The van der Waals surface area contributed by atoms with Gasteiger partial charge in [0.1, 0.15) is 0 Å².